The number of benzene rings is 1. The molecule has 0 spiro atoms. The van der Waals surface area contributed by atoms with Crippen molar-refractivity contribution in [2.75, 3.05) is 51.8 Å². The van der Waals surface area contributed by atoms with Crippen LogP contribution in [-0.4, -0.2) is 68.1 Å². The number of nitrogens with one attached hydrogen (secondary N) is 1. The molecule has 1 fully saturated rings. The number of likely N-dealkylation sites (N-methyl/N-ethyl adjacent to an activating group) is 1. The van der Waals surface area contributed by atoms with Crippen molar-refractivity contribution >= 4 is 17.5 Å². The third kappa shape index (κ3) is 6.71. The second kappa shape index (κ2) is 11.5. The topological polar surface area (TPSA) is 71.1 Å². The maximum absolute atomic E-state index is 12.4. The van der Waals surface area contributed by atoms with Gasteiger partial charge in [-0.1, -0.05) is 20.3 Å². The summed E-state index contributed by atoms with van der Waals surface area (Å²) in [6.45, 7) is 8.29. The number of methoxy groups -OCH3 is 1. The number of amides is 2. The van der Waals surface area contributed by atoms with E-state index in [0.717, 1.165) is 38.9 Å². The van der Waals surface area contributed by atoms with E-state index in [0.29, 0.717) is 36.8 Å². The van der Waals surface area contributed by atoms with Gasteiger partial charge < -0.3 is 24.6 Å². The summed E-state index contributed by atoms with van der Waals surface area (Å²) in [6.07, 6.45) is 3.42. The van der Waals surface area contributed by atoms with Crippen LogP contribution in [0.1, 0.15) is 39.5 Å². The number of nitrogens with zero attached hydrogens (tertiary/aromatic N) is 2. The van der Waals surface area contributed by atoms with Crippen LogP contribution in [-0.2, 0) is 9.59 Å². The lowest BCUT2D eigenvalue weighted by molar-refractivity contribution is -0.134. The van der Waals surface area contributed by atoms with Crippen LogP contribution < -0.4 is 14.8 Å². The Kier molecular flexibility index (Phi) is 9.07. The molecule has 28 heavy (non-hydrogen) atoms. The maximum Gasteiger partial charge on any atom is 0.243 e. The van der Waals surface area contributed by atoms with Crippen LogP contribution in [0.15, 0.2) is 18.2 Å². The first-order valence-electron chi connectivity index (χ1n) is 10.2. The Balaban J connectivity index is 1.95. The van der Waals surface area contributed by atoms with Crippen LogP contribution in [0.25, 0.3) is 0 Å². The van der Waals surface area contributed by atoms with Crippen LogP contribution >= 0.6 is 0 Å². The van der Waals surface area contributed by atoms with Gasteiger partial charge >= 0.3 is 0 Å². The summed E-state index contributed by atoms with van der Waals surface area (Å²) in [7, 11) is 1.59. The summed E-state index contributed by atoms with van der Waals surface area (Å²) in [4.78, 5) is 28.4. The maximum atomic E-state index is 12.4. The van der Waals surface area contributed by atoms with Gasteiger partial charge in [0.15, 0.2) is 11.5 Å². The van der Waals surface area contributed by atoms with Crippen LogP contribution in [0.5, 0.6) is 11.5 Å². The van der Waals surface area contributed by atoms with Crippen LogP contribution in [0.3, 0.4) is 0 Å². The molecule has 0 bridgehead atoms. The first kappa shape index (κ1) is 22.0. The molecule has 1 aromatic rings. The van der Waals surface area contributed by atoms with E-state index in [4.69, 9.17) is 9.47 Å². The second-order valence-electron chi connectivity index (χ2n) is 6.92. The lowest BCUT2D eigenvalue weighted by Gasteiger charge is -2.20. The van der Waals surface area contributed by atoms with Gasteiger partial charge in [-0.15, -0.1) is 0 Å². The van der Waals surface area contributed by atoms with E-state index in [2.05, 4.69) is 24.1 Å². The molecular formula is C21H33N3O4. The van der Waals surface area contributed by atoms with Crippen molar-refractivity contribution in [1.82, 2.24) is 9.80 Å². The van der Waals surface area contributed by atoms with Gasteiger partial charge in [0.25, 0.3) is 0 Å². The normalized spacial score (nSPS) is 14.7. The molecule has 7 nitrogen and oxygen atoms in total. The smallest absolute Gasteiger partial charge is 0.243 e. The Hall–Kier alpha value is -2.28. The van der Waals surface area contributed by atoms with E-state index >= 15 is 0 Å². The third-order valence-corrected chi connectivity index (χ3v) is 5.01. The fraction of sp³-hybridized carbons (Fsp3) is 0.619. The molecule has 1 N–H and O–H groups in total. The molecule has 7 heteroatoms. The number of carbonyl (C=O) groups excluding carboxylic acids is 2. The van der Waals surface area contributed by atoms with Gasteiger partial charge in [-0.3, -0.25) is 9.59 Å². The van der Waals surface area contributed by atoms with E-state index in [-0.39, 0.29) is 18.4 Å². The number of hydrogen-bond donors (Lipinski definition) is 1. The first-order chi connectivity index (χ1) is 13.6. The van der Waals surface area contributed by atoms with E-state index in [1.165, 1.54) is 0 Å². The minimum absolute atomic E-state index is 0.0582. The standard InChI is InChI=1S/C21H33N3O4/c1-4-23(5-2)13-14-28-19-15-17(10-11-18(19)27-3)22-20(25)16-24-12-8-6-7-9-21(24)26/h10-11,15H,4-9,12-14,16H2,1-3H3,(H,22,25). The SMILES string of the molecule is CCN(CC)CCOc1cc(NC(=O)CN2CCCCCC2=O)ccc1OC. The summed E-state index contributed by atoms with van der Waals surface area (Å²) in [6, 6.07) is 5.32. The zero-order valence-electron chi connectivity index (χ0n) is 17.3. The van der Waals surface area contributed by atoms with Crippen LogP contribution in [0.4, 0.5) is 5.69 Å². The number of rotatable bonds is 10. The zero-order valence-corrected chi connectivity index (χ0v) is 17.3. The molecule has 0 radical (unpaired) electrons. The van der Waals surface area contributed by atoms with Gasteiger partial charge in [-0.25, -0.2) is 0 Å². The molecule has 2 amide bonds. The number of hydrogen-bond acceptors (Lipinski definition) is 5. The third-order valence-electron chi connectivity index (χ3n) is 5.01. The molecule has 0 saturated carbocycles. The van der Waals surface area contributed by atoms with Crippen molar-refractivity contribution in [3.8, 4) is 11.5 Å². The highest BCUT2D eigenvalue weighted by Gasteiger charge is 2.19. The average molecular weight is 392 g/mol. The Morgan fingerprint density at radius 3 is 2.68 bits per heavy atom. The number of carbonyl (C=O) groups is 2. The van der Waals surface area contributed by atoms with Crippen LogP contribution in [0.2, 0.25) is 0 Å². The van der Waals surface area contributed by atoms with Crippen LogP contribution in [0, 0.1) is 0 Å². The van der Waals surface area contributed by atoms with Crippen molar-refractivity contribution in [3.63, 3.8) is 0 Å². The Labute approximate surface area is 168 Å². The van der Waals surface area contributed by atoms with E-state index in [1.807, 2.05) is 0 Å². The summed E-state index contributed by atoms with van der Waals surface area (Å²) in [5.74, 6) is 1.08. The molecule has 1 aliphatic rings. The van der Waals surface area contributed by atoms with Crippen molar-refractivity contribution in [3.05, 3.63) is 18.2 Å². The molecule has 1 aromatic carbocycles. The number of ether oxygens (including phenoxy) is 2. The van der Waals surface area contributed by atoms with E-state index < -0.39 is 0 Å². The molecular weight excluding hydrogens is 358 g/mol. The summed E-state index contributed by atoms with van der Waals surface area (Å²) in [5.41, 5.74) is 0.630. The summed E-state index contributed by atoms with van der Waals surface area (Å²) >= 11 is 0. The van der Waals surface area contributed by atoms with Gasteiger partial charge in [-0.2, -0.15) is 0 Å². The Morgan fingerprint density at radius 2 is 1.96 bits per heavy atom. The van der Waals surface area contributed by atoms with Crippen molar-refractivity contribution < 1.29 is 19.1 Å². The second-order valence-corrected chi connectivity index (χ2v) is 6.92. The van der Waals surface area contributed by atoms with Gasteiger partial charge in [0.05, 0.1) is 13.7 Å². The highest BCUT2D eigenvalue weighted by atomic mass is 16.5. The predicted octanol–water partition coefficient (Wildman–Crippen LogP) is 2.76. The molecule has 0 aromatic heterocycles. The van der Waals surface area contributed by atoms with Gasteiger partial charge in [0.2, 0.25) is 11.8 Å². The first-order valence-corrected chi connectivity index (χ1v) is 10.2. The zero-order chi connectivity index (χ0) is 20.4. The molecule has 2 rings (SSSR count). The number of likely N-dealkylation sites (tertiary alicyclic amines) is 1. The molecule has 0 atom stereocenters. The fourth-order valence-electron chi connectivity index (χ4n) is 3.27. The monoisotopic (exact) mass is 391 g/mol. The number of anilines is 1. The van der Waals surface area contributed by atoms with E-state index in [9.17, 15) is 9.59 Å². The lowest BCUT2D eigenvalue weighted by atomic mass is 10.2. The highest BCUT2D eigenvalue weighted by Crippen LogP contribution is 2.30. The van der Waals surface area contributed by atoms with Crippen molar-refractivity contribution in [1.29, 1.82) is 0 Å². The largest absolute Gasteiger partial charge is 0.493 e. The Morgan fingerprint density at radius 1 is 1.18 bits per heavy atom. The fourth-order valence-corrected chi connectivity index (χ4v) is 3.27. The molecule has 156 valence electrons. The minimum atomic E-state index is -0.200. The van der Waals surface area contributed by atoms with Crippen molar-refractivity contribution in [2.24, 2.45) is 0 Å². The lowest BCUT2D eigenvalue weighted by Crippen LogP contribution is -2.37. The summed E-state index contributed by atoms with van der Waals surface area (Å²) < 4.78 is 11.2. The molecule has 1 heterocycles. The summed E-state index contributed by atoms with van der Waals surface area (Å²) in [5, 5.41) is 2.86. The molecule has 0 unspecified atom stereocenters. The van der Waals surface area contributed by atoms with Crippen molar-refractivity contribution in [2.45, 2.75) is 39.5 Å². The Bertz CT molecular complexity index is 647. The molecule has 1 aliphatic heterocycles. The van der Waals surface area contributed by atoms with Gasteiger partial charge in [0, 0.05) is 31.3 Å². The molecule has 0 aliphatic carbocycles. The van der Waals surface area contributed by atoms with Gasteiger partial charge in [-0.05, 0) is 38.1 Å². The van der Waals surface area contributed by atoms with E-state index in [1.54, 1.807) is 30.2 Å². The highest BCUT2D eigenvalue weighted by molar-refractivity contribution is 5.94. The van der Waals surface area contributed by atoms with Gasteiger partial charge in [0.1, 0.15) is 6.61 Å². The quantitative estimate of drug-likeness (QED) is 0.664. The minimum Gasteiger partial charge on any atom is -0.493 e. The molecule has 1 saturated heterocycles. The average Bonchev–Trinajstić information content (AvgIpc) is 2.89. The predicted molar refractivity (Wildman–Crippen MR) is 110 cm³/mol.